The molecule has 2 aromatic heterocycles. The van der Waals surface area contributed by atoms with Crippen LogP contribution in [-0.2, 0) is 17.9 Å². The lowest BCUT2D eigenvalue weighted by atomic mass is 10.2. The fourth-order valence-electron chi connectivity index (χ4n) is 2.09. The molecule has 0 aliphatic carbocycles. The highest BCUT2D eigenvalue weighted by atomic mass is 16.2. The maximum Gasteiger partial charge on any atom is 0.328 e. The van der Waals surface area contributed by atoms with Gasteiger partial charge in [0.2, 0.25) is 5.91 Å². The summed E-state index contributed by atoms with van der Waals surface area (Å²) in [5, 5.41) is 2.88. The zero-order chi connectivity index (χ0) is 16.1. The lowest BCUT2D eigenvalue weighted by Crippen LogP contribution is -2.41. The molecular formula is C14H19N5O3. The van der Waals surface area contributed by atoms with Crippen LogP contribution in [0.2, 0.25) is 0 Å². The minimum atomic E-state index is -0.589. The van der Waals surface area contributed by atoms with Crippen molar-refractivity contribution in [3.05, 3.63) is 51.3 Å². The zero-order valence-electron chi connectivity index (χ0n) is 12.6. The first-order valence-corrected chi connectivity index (χ1v) is 7.05. The van der Waals surface area contributed by atoms with Crippen molar-refractivity contribution in [1.29, 1.82) is 0 Å². The van der Waals surface area contributed by atoms with E-state index in [0.717, 1.165) is 6.42 Å². The van der Waals surface area contributed by atoms with E-state index in [2.05, 4.69) is 15.3 Å². The van der Waals surface area contributed by atoms with E-state index in [4.69, 9.17) is 0 Å². The molecule has 0 bridgehead atoms. The molecule has 2 N–H and O–H groups in total. The molecule has 8 heteroatoms. The summed E-state index contributed by atoms with van der Waals surface area (Å²) in [4.78, 5) is 41.2. The van der Waals surface area contributed by atoms with Crippen LogP contribution in [-0.4, -0.2) is 31.1 Å². The molecule has 22 heavy (non-hydrogen) atoms. The number of aromatic amines is 1. The number of imidazole rings is 1. The molecule has 0 spiro atoms. The molecule has 0 fully saturated rings. The van der Waals surface area contributed by atoms with Gasteiger partial charge >= 0.3 is 5.69 Å². The van der Waals surface area contributed by atoms with Crippen molar-refractivity contribution in [3.63, 3.8) is 0 Å². The van der Waals surface area contributed by atoms with E-state index in [9.17, 15) is 14.4 Å². The Kier molecular flexibility index (Phi) is 4.92. The third-order valence-electron chi connectivity index (χ3n) is 3.35. The minimum Gasteiger partial charge on any atom is -0.350 e. The predicted octanol–water partition coefficient (Wildman–Crippen LogP) is -0.363. The van der Waals surface area contributed by atoms with Crippen LogP contribution in [0.5, 0.6) is 0 Å². The minimum absolute atomic E-state index is 0.0544. The molecule has 0 aliphatic heterocycles. The second kappa shape index (κ2) is 6.88. The van der Waals surface area contributed by atoms with Crippen LogP contribution in [0, 0.1) is 6.92 Å². The zero-order valence-corrected chi connectivity index (χ0v) is 12.6. The summed E-state index contributed by atoms with van der Waals surface area (Å²) in [5.41, 5.74) is -0.639. The lowest BCUT2D eigenvalue weighted by Gasteiger charge is -2.17. The number of amides is 1. The Morgan fingerprint density at radius 3 is 2.86 bits per heavy atom. The summed E-state index contributed by atoms with van der Waals surface area (Å²) in [5.74, 6) is -0.277. The van der Waals surface area contributed by atoms with Gasteiger partial charge < -0.3 is 9.88 Å². The molecular weight excluding hydrogens is 286 g/mol. The van der Waals surface area contributed by atoms with Gasteiger partial charge in [0.25, 0.3) is 5.56 Å². The molecule has 1 unspecified atom stereocenters. The second-order valence-corrected chi connectivity index (χ2v) is 5.13. The number of aryl methyl sites for hydroxylation is 1. The third-order valence-corrected chi connectivity index (χ3v) is 3.35. The van der Waals surface area contributed by atoms with Gasteiger partial charge in [-0.05, 0) is 13.3 Å². The predicted molar refractivity (Wildman–Crippen MR) is 80.5 cm³/mol. The van der Waals surface area contributed by atoms with Crippen LogP contribution in [0.4, 0.5) is 0 Å². The number of nitrogens with one attached hydrogen (secondary N) is 2. The Balaban J connectivity index is 2.01. The van der Waals surface area contributed by atoms with E-state index < -0.39 is 11.2 Å². The molecule has 0 aliphatic rings. The van der Waals surface area contributed by atoms with Gasteiger partial charge in [0.15, 0.2) is 0 Å². The van der Waals surface area contributed by atoms with Crippen LogP contribution in [0.3, 0.4) is 0 Å². The highest BCUT2D eigenvalue weighted by molar-refractivity contribution is 5.76. The second-order valence-electron chi connectivity index (χ2n) is 5.13. The SMILES string of the molecule is CCC(Cn1ccnc1)NC(=O)Cn1cc(C)c(=O)[nH]c1=O. The lowest BCUT2D eigenvalue weighted by molar-refractivity contribution is -0.122. The van der Waals surface area contributed by atoms with E-state index in [0.29, 0.717) is 12.1 Å². The van der Waals surface area contributed by atoms with Crippen molar-refractivity contribution in [1.82, 2.24) is 24.4 Å². The Labute approximate surface area is 126 Å². The Hall–Kier alpha value is -2.64. The molecule has 0 saturated heterocycles. The molecule has 2 aromatic rings. The van der Waals surface area contributed by atoms with Crippen LogP contribution < -0.4 is 16.6 Å². The highest BCUT2D eigenvalue weighted by Crippen LogP contribution is 1.97. The molecule has 0 saturated carbocycles. The first-order valence-electron chi connectivity index (χ1n) is 7.05. The first kappa shape index (κ1) is 15.7. The molecule has 8 nitrogen and oxygen atoms in total. The number of hydrogen-bond acceptors (Lipinski definition) is 4. The fourth-order valence-corrected chi connectivity index (χ4v) is 2.09. The van der Waals surface area contributed by atoms with Crippen LogP contribution in [0.1, 0.15) is 18.9 Å². The summed E-state index contributed by atoms with van der Waals surface area (Å²) in [7, 11) is 0. The van der Waals surface area contributed by atoms with Gasteiger partial charge in [0.1, 0.15) is 6.54 Å². The number of hydrogen-bond donors (Lipinski definition) is 2. The number of nitrogens with zero attached hydrogens (tertiary/aromatic N) is 3. The van der Waals surface area contributed by atoms with Crippen molar-refractivity contribution in [3.8, 4) is 0 Å². The quantitative estimate of drug-likeness (QED) is 0.760. The molecule has 1 atom stereocenters. The molecule has 2 rings (SSSR count). The molecule has 0 radical (unpaired) electrons. The monoisotopic (exact) mass is 305 g/mol. The van der Waals surface area contributed by atoms with Gasteiger partial charge in [-0.2, -0.15) is 0 Å². The first-order chi connectivity index (χ1) is 10.5. The maximum atomic E-state index is 12.1. The summed E-state index contributed by atoms with van der Waals surface area (Å²) < 4.78 is 3.07. The molecule has 118 valence electrons. The van der Waals surface area contributed by atoms with Crippen molar-refractivity contribution >= 4 is 5.91 Å². The van der Waals surface area contributed by atoms with Gasteiger partial charge in [-0.3, -0.25) is 19.1 Å². The van der Waals surface area contributed by atoms with Crippen molar-refractivity contribution in [2.45, 2.75) is 39.4 Å². The Morgan fingerprint density at radius 2 is 2.23 bits per heavy atom. The van der Waals surface area contributed by atoms with Gasteiger partial charge in [-0.25, -0.2) is 9.78 Å². The average molecular weight is 305 g/mol. The van der Waals surface area contributed by atoms with Crippen LogP contribution >= 0.6 is 0 Å². The number of carbonyl (C=O) groups is 1. The van der Waals surface area contributed by atoms with Crippen molar-refractivity contribution < 1.29 is 4.79 Å². The van der Waals surface area contributed by atoms with E-state index >= 15 is 0 Å². The smallest absolute Gasteiger partial charge is 0.328 e. The van der Waals surface area contributed by atoms with Gasteiger partial charge in [-0.1, -0.05) is 6.92 Å². The summed E-state index contributed by atoms with van der Waals surface area (Å²) in [6.45, 7) is 4.04. The fraction of sp³-hybridized carbons (Fsp3) is 0.429. The van der Waals surface area contributed by atoms with Gasteiger partial charge in [0, 0.05) is 36.7 Å². The largest absolute Gasteiger partial charge is 0.350 e. The molecule has 2 heterocycles. The number of carbonyl (C=O) groups excluding carboxylic acids is 1. The average Bonchev–Trinajstić information content (AvgIpc) is 2.97. The normalized spacial score (nSPS) is 12.1. The topological polar surface area (TPSA) is 102 Å². The number of rotatable bonds is 6. The number of aromatic nitrogens is 4. The Bertz CT molecular complexity index is 745. The van der Waals surface area contributed by atoms with Gasteiger partial charge in [0.05, 0.1) is 6.33 Å². The van der Waals surface area contributed by atoms with Crippen LogP contribution in [0.25, 0.3) is 0 Å². The van der Waals surface area contributed by atoms with Crippen molar-refractivity contribution in [2.24, 2.45) is 0 Å². The summed E-state index contributed by atoms with van der Waals surface area (Å²) in [6, 6.07) is -0.0544. The van der Waals surface area contributed by atoms with Gasteiger partial charge in [-0.15, -0.1) is 0 Å². The van der Waals surface area contributed by atoms with E-state index in [1.165, 1.54) is 10.8 Å². The van der Waals surface area contributed by atoms with E-state index in [1.807, 2.05) is 17.7 Å². The molecule has 1 amide bonds. The summed E-state index contributed by atoms with van der Waals surface area (Å²) >= 11 is 0. The maximum absolute atomic E-state index is 12.1. The van der Waals surface area contributed by atoms with Crippen molar-refractivity contribution in [2.75, 3.05) is 0 Å². The Morgan fingerprint density at radius 1 is 1.45 bits per heavy atom. The summed E-state index contributed by atoms with van der Waals surface area (Å²) in [6.07, 6.45) is 7.33. The van der Waals surface area contributed by atoms with E-state index in [1.54, 1.807) is 19.4 Å². The third kappa shape index (κ3) is 3.94. The van der Waals surface area contributed by atoms with E-state index in [-0.39, 0.29) is 18.5 Å². The number of H-pyrrole nitrogens is 1. The highest BCUT2D eigenvalue weighted by Gasteiger charge is 2.12. The van der Waals surface area contributed by atoms with Crippen LogP contribution in [0.15, 0.2) is 34.5 Å². The standard InChI is InChI=1S/C14H19N5O3/c1-3-11(7-18-5-4-15-9-18)16-12(20)8-19-6-10(2)13(21)17-14(19)22/h4-6,9,11H,3,7-8H2,1-2H3,(H,16,20)(H,17,21,22). The molecule has 0 aromatic carbocycles.